The van der Waals surface area contributed by atoms with E-state index in [1.807, 2.05) is 58.0 Å². The molecule has 5 heteroatoms. The molecule has 0 aliphatic rings. The van der Waals surface area contributed by atoms with Gasteiger partial charge in [0.2, 0.25) is 0 Å². The SMILES string of the molecule is C=C(O)/C(=C\CC(C)[C@H](C)O)c1cccc(CNC(=O)OC(C)(C)C)c1. The predicted octanol–water partition coefficient (Wildman–Crippen LogP) is 4.57. The summed E-state index contributed by atoms with van der Waals surface area (Å²) < 4.78 is 5.22. The van der Waals surface area contributed by atoms with E-state index >= 15 is 0 Å². The maximum Gasteiger partial charge on any atom is 0.407 e. The molecule has 0 saturated carbocycles. The third-order valence-corrected chi connectivity index (χ3v) is 3.90. The molecule has 0 saturated heterocycles. The summed E-state index contributed by atoms with van der Waals surface area (Å²) in [4.78, 5) is 11.8. The van der Waals surface area contributed by atoms with Crippen LogP contribution in [-0.2, 0) is 11.3 Å². The minimum absolute atomic E-state index is 0.0277. The van der Waals surface area contributed by atoms with Gasteiger partial charge in [-0.25, -0.2) is 4.79 Å². The third kappa shape index (κ3) is 7.74. The highest BCUT2D eigenvalue weighted by molar-refractivity contribution is 5.76. The largest absolute Gasteiger partial charge is 0.508 e. The number of nitrogens with one attached hydrogen (secondary N) is 1. The van der Waals surface area contributed by atoms with Crippen LogP contribution in [0.5, 0.6) is 0 Å². The lowest BCUT2D eigenvalue weighted by atomic mass is 9.96. The maximum absolute atomic E-state index is 11.8. The lowest BCUT2D eigenvalue weighted by molar-refractivity contribution is 0.0523. The molecule has 0 aliphatic carbocycles. The zero-order valence-corrected chi connectivity index (χ0v) is 16.4. The molecule has 0 fully saturated rings. The van der Waals surface area contributed by atoms with Gasteiger partial charge in [-0.15, -0.1) is 0 Å². The Bertz CT molecular complexity index is 656. The number of hydrogen-bond donors (Lipinski definition) is 3. The molecule has 0 radical (unpaired) electrons. The van der Waals surface area contributed by atoms with E-state index in [9.17, 15) is 15.0 Å². The molecule has 1 aromatic rings. The summed E-state index contributed by atoms with van der Waals surface area (Å²) in [6, 6.07) is 7.50. The van der Waals surface area contributed by atoms with Crippen LogP contribution in [0.4, 0.5) is 4.79 Å². The fourth-order valence-corrected chi connectivity index (χ4v) is 2.24. The van der Waals surface area contributed by atoms with Gasteiger partial charge in [0, 0.05) is 12.1 Å². The molecule has 26 heavy (non-hydrogen) atoms. The Kier molecular flexibility index (Phi) is 7.90. The average molecular weight is 361 g/mol. The van der Waals surface area contributed by atoms with E-state index in [-0.39, 0.29) is 11.7 Å². The van der Waals surface area contributed by atoms with Gasteiger partial charge < -0.3 is 20.3 Å². The van der Waals surface area contributed by atoms with Gasteiger partial charge in [0.25, 0.3) is 0 Å². The van der Waals surface area contributed by atoms with Crippen molar-refractivity contribution in [1.29, 1.82) is 0 Å². The highest BCUT2D eigenvalue weighted by Gasteiger charge is 2.16. The van der Waals surface area contributed by atoms with Gasteiger partial charge in [0.15, 0.2) is 0 Å². The summed E-state index contributed by atoms with van der Waals surface area (Å²) in [6.07, 6.45) is 1.59. The van der Waals surface area contributed by atoms with Gasteiger partial charge >= 0.3 is 6.09 Å². The highest BCUT2D eigenvalue weighted by Crippen LogP contribution is 2.24. The smallest absolute Gasteiger partial charge is 0.407 e. The van der Waals surface area contributed by atoms with Crippen molar-refractivity contribution in [1.82, 2.24) is 5.32 Å². The first-order valence-corrected chi connectivity index (χ1v) is 8.82. The van der Waals surface area contributed by atoms with Crippen LogP contribution < -0.4 is 5.32 Å². The second-order valence-electron chi connectivity index (χ2n) is 7.57. The summed E-state index contributed by atoms with van der Waals surface area (Å²) in [5.74, 6) is 0.0430. The molecule has 0 aromatic heterocycles. The van der Waals surface area contributed by atoms with E-state index < -0.39 is 17.8 Å². The molecule has 1 amide bonds. The fraction of sp³-hybridized carbons (Fsp3) is 0.476. The van der Waals surface area contributed by atoms with Crippen LogP contribution in [0.25, 0.3) is 5.57 Å². The summed E-state index contributed by atoms with van der Waals surface area (Å²) in [7, 11) is 0. The Labute approximate surface area is 156 Å². The van der Waals surface area contributed by atoms with Gasteiger partial charge in [-0.05, 0) is 57.2 Å². The summed E-state index contributed by atoms with van der Waals surface area (Å²) in [6.45, 7) is 13.1. The summed E-state index contributed by atoms with van der Waals surface area (Å²) >= 11 is 0. The van der Waals surface area contributed by atoms with Crippen LogP contribution in [0.3, 0.4) is 0 Å². The van der Waals surface area contributed by atoms with Crippen LogP contribution in [0.15, 0.2) is 42.7 Å². The molecule has 2 atom stereocenters. The number of rotatable bonds is 7. The van der Waals surface area contributed by atoms with Crippen molar-refractivity contribution in [2.24, 2.45) is 5.92 Å². The number of benzene rings is 1. The monoisotopic (exact) mass is 361 g/mol. The fourth-order valence-electron chi connectivity index (χ4n) is 2.24. The molecular formula is C21H31NO4. The van der Waals surface area contributed by atoms with Crippen molar-refractivity contribution in [3.8, 4) is 0 Å². The van der Waals surface area contributed by atoms with Crippen LogP contribution in [-0.4, -0.2) is 28.0 Å². The molecule has 1 aromatic carbocycles. The first kappa shape index (κ1) is 21.8. The normalized spacial score (nSPS) is 14.5. The van der Waals surface area contributed by atoms with Crippen molar-refractivity contribution in [3.63, 3.8) is 0 Å². The zero-order chi connectivity index (χ0) is 19.9. The average Bonchev–Trinajstić information content (AvgIpc) is 2.51. The number of carbonyl (C=O) groups excluding carboxylic acids is 1. The van der Waals surface area contributed by atoms with Crippen molar-refractivity contribution in [2.45, 2.75) is 59.3 Å². The van der Waals surface area contributed by atoms with Crippen LogP contribution >= 0.6 is 0 Å². The minimum atomic E-state index is -0.545. The van der Waals surface area contributed by atoms with E-state index in [1.165, 1.54) is 0 Å². The Morgan fingerprint density at radius 1 is 1.35 bits per heavy atom. The van der Waals surface area contributed by atoms with E-state index in [2.05, 4.69) is 11.9 Å². The first-order chi connectivity index (χ1) is 12.0. The molecule has 0 aliphatic heterocycles. The van der Waals surface area contributed by atoms with Crippen LogP contribution in [0.1, 0.15) is 52.2 Å². The lowest BCUT2D eigenvalue weighted by Crippen LogP contribution is -2.32. The number of aliphatic hydroxyl groups excluding tert-OH is 2. The van der Waals surface area contributed by atoms with E-state index in [4.69, 9.17) is 4.74 Å². The molecule has 5 nitrogen and oxygen atoms in total. The third-order valence-electron chi connectivity index (χ3n) is 3.90. The number of alkyl carbamates (subject to hydrolysis) is 1. The van der Waals surface area contributed by atoms with E-state index in [0.29, 0.717) is 18.5 Å². The van der Waals surface area contributed by atoms with Crippen molar-refractivity contribution in [3.05, 3.63) is 53.8 Å². The molecule has 3 N–H and O–H groups in total. The molecule has 1 rings (SSSR count). The number of allylic oxidation sites excluding steroid dienone is 2. The second-order valence-corrected chi connectivity index (χ2v) is 7.57. The molecule has 1 unspecified atom stereocenters. The van der Waals surface area contributed by atoms with Crippen molar-refractivity contribution >= 4 is 11.7 Å². The zero-order valence-electron chi connectivity index (χ0n) is 16.4. The van der Waals surface area contributed by atoms with Gasteiger partial charge in [0.05, 0.1) is 6.10 Å². The van der Waals surface area contributed by atoms with Crippen LogP contribution in [0, 0.1) is 5.92 Å². The Hall–Kier alpha value is -2.27. The number of ether oxygens (including phenoxy) is 1. The van der Waals surface area contributed by atoms with Crippen LogP contribution in [0.2, 0.25) is 0 Å². The predicted molar refractivity (Wildman–Crippen MR) is 105 cm³/mol. The lowest BCUT2D eigenvalue weighted by Gasteiger charge is -2.19. The highest BCUT2D eigenvalue weighted by atomic mass is 16.6. The van der Waals surface area contributed by atoms with E-state index in [0.717, 1.165) is 11.1 Å². The number of hydrogen-bond acceptors (Lipinski definition) is 4. The molecule has 144 valence electrons. The van der Waals surface area contributed by atoms with Gasteiger partial charge in [-0.2, -0.15) is 0 Å². The quantitative estimate of drug-likeness (QED) is 0.491. The van der Waals surface area contributed by atoms with Gasteiger partial charge in [-0.1, -0.05) is 37.8 Å². The van der Waals surface area contributed by atoms with Crippen molar-refractivity contribution < 1.29 is 19.7 Å². The number of carbonyl (C=O) groups is 1. The second kappa shape index (κ2) is 9.43. The molecule has 0 spiro atoms. The van der Waals surface area contributed by atoms with Gasteiger partial charge in [-0.3, -0.25) is 0 Å². The number of aliphatic hydroxyl groups is 2. The minimum Gasteiger partial charge on any atom is -0.508 e. The standard InChI is InChI=1S/C21H31NO4/c1-14(15(2)23)10-11-19(16(3)24)18-9-7-8-17(12-18)13-22-20(25)26-21(4,5)6/h7-9,11-12,14-15,23-24H,3,10,13H2,1-2,4-6H3,(H,22,25)/b19-11+/t14?,15-/m0/s1. The topological polar surface area (TPSA) is 78.8 Å². The first-order valence-electron chi connectivity index (χ1n) is 8.82. The number of amides is 1. The Morgan fingerprint density at radius 2 is 2.00 bits per heavy atom. The van der Waals surface area contributed by atoms with Gasteiger partial charge in [0.1, 0.15) is 11.4 Å². The summed E-state index contributed by atoms with van der Waals surface area (Å²) in [5.41, 5.74) is 1.76. The maximum atomic E-state index is 11.8. The molecular weight excluding hydrogens is 330 g/mol. The summed E-state index contributed by atoms with van der Waals surface area (Å²) in [5, 5.41) is 22.3. The molecule has 0 heterocycles. The van der Waals surface area contributed by atoms with Crippen molar-refractivity contribution in [2.75, 3.05) is 0 Å². The Morgan fingerprint density at radius 3 is 2.54 bits per heavy atom. The molecule has 0 bridgehead atoms. The Balaban J connectivity index is 2.86. The van der Waals surface area contributed by atoms with E-state index in [1.54, 1.807) is 6.92 Å².